The van der Waals surface area contributed by atoms with Gasteiger partial charge >= 0.3 is 6.09 Å². The summed E-state index contributed by atoms with van der Waals surface area (Å²) in [5.41, 5.74) is 6.45. The zero-order chi connectivity index (χ0) is 13.2. The molecule has 0 radical (unpaired) electrons. The second-order valence-corrected chi connectivity index (χ2v) is 3.81. The molecule has 1 aromatic rings. The fraction of sp³-hybridized carbons (Fsp3) is 0.385. The first-order valence-corrected chi connectivity index (χ1v) is 6.00. The average Bonchev–Trinajstić information content (AvgIpc) is 2.38. The predicted molar refractivity (Wildman–Crippen MR) is 71.2 cm³/mol. The molecule has 3 N–H and O–H groups in total. The summed E-state index contributed by atoms with van der Waals surface area (Å²) in [7, 11) is 0. The van der Waals surface area contributed by atoms with Gasteiger partial charge in [-0.25, -0.2) is 4.79 Å². The van der Waals surface area contributed by atoms with Gasteiger partial charge in [-0.3, -0.25) is 10.3 Å². The van der Waals surface area contributed by atoms with E-state index in [4.69, 9.17) is 10.5 Å². The molecule has 0 saturated carbocycles. The Morgan fingerprint density at radius 3 is 2.78 bits per heavy atom. The molecular formula is C13H19N3O2. The molecule has 0 aliphatic rings. The monoisotopic (exact) mass is 249 g/mol. The highest BCUT2D eigenvalue weighted by Crippen LogP contribution is 2.00. The summed E-state index contributed by atoms with van der Waals surface area (Å²) in [6.45, 7) is 2.89. The number of nitrogens with one attached hydrogen (secondary N) is 1. The first-order valence-electron chi connectivity index (χ1n) is 6.00. The number of amides is 1. The van der Waals surface area contributed by atoms with Crippen LogP contribution < -0.4 is 11.1 Å². The molecule has 0 spiro atoms. The van der Waals surface area contributed by atoms with Gasteiger partial charge in [-0.2, -0.15) is 0 Å². The van der Waals surface area contributed by atoms with Crippen LogP contribution in [0.3, 0.4) is 0 Å². The number of rotatable bonds is 5. The summed E-state index contributed by atoms with van der Waals surface area (Å²) in [6.07, 6.45) is 1.40. The van der Waals surface area contributed by atoms with E-state index in [0.717, 1.165) is 18.4 Å². The lowest BCUT2D eigenvalue weighted by molar-refractivity contribution is 0.145. The predicted octanol–water partition coefficient (Wildman–Crippen LogP) is 2.03. The molecule has 0 unspecified atom stereocenters. The smallest absolute Gasteiger partial charge is 0.414 e. The number of nitrogens with zero attached hydrogens (tertiary/aromatic N) is 1. The molecular weight excluding hydrogens is 230 g/mol. The van der Waals surface area contributed by atoms with Gasteiger partial charge in [-0.1, -0.05) is 43.7 Å². The normalized spacial score (nSPS) is 11.1. The van der Waals surface area contributed by atoms with E-state index in [1.807, 2.05) is 30.3 Å². The maximum atomic E-state index is 11.4. The Hall–Kier alpha value is -2.04. The Morgan fingerprint density at radius 1 is 1.39 bits per heavy atom. The van der Waals surface area contributed by atoms with Crippen molar-refractivity contribution >= 4 is 12.1 Å². The van der Waals surface area contributed by atoms with Crippen molar-refractivity contribution in [2.75, 3.05) is 6.54 Å². The van der Waals surface area contributed by atoms with Gasteiger partial charge in [-0.05, 0) is 12.0 Å². The first kappa shape index (κ1) is 14.0. The first-order chi connectivity index (χ1) is 8.72. The van der Waals surface area contributed by atoms with Crippen molar-refractivity contribution in [1.82, 2.24) is 5.32 Å². The molecule has 0 aliphatic carbocycles. The van der Waals surface area contributed by atoms with Gasteiger partial charge in [0.2, 0.25) is 0 Å². The summed E-state index contributed by atoms with van der Waals surface area (Å²) >= 11 is 0. The maximum Gasteiger partial charge on any atom is 0.414 e. The SMILES string of the molecule is CCCCN=C(N)NC(=O)OCc1ccccc1. The highest BCUT2D eigenvalue weighted by Gasteiger charge is 2.03. The summed E-state index contributed by atoms with van der Waals surface area (Å²) in [6, 6.07) is 9.44. The lowest BCUT2D eigenvalue weighted by atomic mass is 10.2. The van der Waals surface area contributed by atoms with Gasteiger partial charge in [0.05, 0.1) is 0 Å². The minimum absolute atomic E-state index is 0.0986. The second kappa shape index (κ2) is 8.11. The Labute approximate surface area is 107 Å². The quantitative estimate of drug-likeness (QED) is 0.476. The number of alkyl carbamates (subject to hydrolysis) is 1. The molecule has 5 heteroatoms. The van der Waals surface area contributed by atoms with Crippen molar-refractivity contribution in [3.05, 3.63) is 35.9 Å². The summed E-state index contributed by atoms with van der Waals surface area (Å²) < 4.78 is 4.99. The van der Waals surface area contributed by atoms with E-state index in [2.05, 4.69) is 17.2 Å². The van der Waals surface area contributed by atoms with Crippen molar-refractivity contribution in [2.24, 2.45) is 10.7 Å². The number of aliphatic imine (C=N–C) groups is 1. The van der Waals surface area contributed by atoms with Crippen LogP contribution in [0, 0.1) is 0 Å². The van der Waals surface area contributed by atoms with E-state index in [1.165, 1.54) is 0 Å². The van der Waals surface area contributed by atoms with Gasteiger partial charge < -0.3 is 10.5 Å². The molecule has 0 fully saturated rings. The van der Waals surface area contributed by atoms with E-state index in [1.54, 1.807) is 0 Å². The number of nitrogens with two attached hydrogens (primary N) is 1. The number of hydrogen-bond acceptors (Lipinski definition) is 3. The van der Waals surface area contributed by atoms with Crippen molar-refractivity contribution in [3.63, 3.8) is 0 Å². The van der Waals surface area contributed by atoms with Gasteiger partial charge in [-0.15, -0.1) is 0 Å². The van der Waals surface area contributed by atoms with Crippen LogP contribution in [0.2, 0.25) is 0 Å². The number of ether oxygens (including phenoxy) is 1. The van der Waals surface area contributed by atoms with Crippen LogP contribution in [0.4, 0.5) is 4.79 Å². The highest BCUT2D eigenvalue weighted by atomic mass is 16.5. The van der Waals surface area contributed by atoms with Gasteiger partial charge in [0.15, 0.2) is 5.96 Å². The molecule has 0 heterocycles. The second-order valence-electron chi connectivity index (χ2n) is 3.81. The van der Waals surface area contributed by atoms with Crippen LogP contribution in [-0.2, 0) is 11.3 Å². The van der Waals surface area contributed by atoms with Crippen molar-refractivity contribution in [1.29, 1.82) is 0 Å². The largest absolute Gasteiger partial charge is 0.444 e. The zero-order valence-electron chi connectivity index (χ0n) is 10.6. The Balaban J connectivity index is 2.27. The number of guanidine groups is 1. The zero-order valence-corrected chi connectivity index (χ0v) is 10.6. The van der Waals surface area contributed by atoms with Crippen LogP contribution in [0.15, 0.2) is 35.3 Å². The third-order valence-electron chi connectivity index (χ3n) is 2.24. The van der Waals surface area contributed by atoms with Crippen LogP contribution in [0.5, 0.6) is 0 Å². The Kier molecular flexibility index (Phi) is 6.32. The molecule has 18 heavy (non-hydrogen) atoms. The fourth-order valence-corrected chi connectivity index (χ4v) is 1.26. The van der Waals surface area contributed by atoms with Gasteiger partial charge in [0, 0.05) is 6.54 Å². The molecule has 1 amide bonds. The molecule has 1 aromatic carbocycles. The Morgan fingerprint density at radius 2 is 2.11 bits per heavy atom. The number of benzene rings is 1. The summed E-state index contributed by atoms with van der Waals surface area (Å²) in [4.78, 5) is 15.4. The van der Waals surface area contributed by atoms with Crippen molar-refractivity contribution < 1.29 is 9.53 Å². The fourth-order valence-electron chi connectivity index (χ4n) is 1.26. The average molecular weight is 249 g/mol. The number of carbonyl (C=O) groups excluding carboxylic acids is 1. The van der Waals surface area contributed by atoms with E-state index in [0.29, 0.717) is 6.54 Å². The lowest BCUT2D eigenvalue weighted by Gasteiger charge is -2.06. The minimum Gasteiger partial charge on any atom is -0.444 e. The summed E-state index contributed by atoms with van der Waals surface area (Å²) in [5, 5.41) is 2.38. The van der Waals surface area contributed by atoms with Crippen molar-refractivity contribution in [2.45, 2.75) is 26.4 Å². The molecule has 0 atom stereocenters. The van der Waals surface area contributed by atoms with E-state index < -0.39 is 6.09 Å². The van der Waals surface area contributed by atoms with Gasteiger partial charge in [0.1, 0.15) is 6.61 Å². The van der Waals surface area contributed by atoms with Crippen LogP contribution >= 0.6 is 0 Å². The molecule has 0 saturated heterocycles. The molecule has 98 valence electrons. The maximum absolute atomic E-state index is 11.4. The van der Waals surface area contributed by atoms with Crippen molar-refractivity contribution in [3.8, 4) is 0 Å². The summed E-state index contributed by atoms with van der Waals surface area (Å²) in [5.74, 6) is 0.0986. The minimum atomic E-state index is -0.586. The van der Waals surface area contributed by atoms with E-state index in [9.17, 15) is 4.79 Å². The Bertz CT molecular complexity index is 390. The number of carbonyl (C=O) groups is 1. The lowest BCUT2D eigenvalue weighted by Crippen LogP contribution is -2.37. The van der Waals surface area contributed by atoms with Crippen LogP contribution in [0.25, 0.3) is 0 Å². The molecule has 0 aliphatic heterocycles. The number of hydrogen-bond donors (Lipinski definition) is 2. The van der Waals surface area contributed by atoms with Crippen LogP contribution in [-0.4, -0.2) is 18.6 Å². The van der Waals surface area contributed by atoms with Gasteiger partial charge in [0.25, 0.3) is 0 Å². The standard InChI is InChI=1S/C13H19N3O2/c1-2-3-9-15-12(14)16-13(17)18-10-11-7-5-4-6-8-11/h4-8H,2-3,9-10H2,1H3,(H3,14,15,16,17). The van der Waals surface area contributed by atoms with Crippen LogP contribution in [0.1, 0.15) is 25.3 Å². The van der Waals surface area contributed by atoms with E-state index >= 15 is 0 Å². The third kappa shape index (κ3) is 5.89. The molecule has 0 bridgehead atoms. The highest BCUT2D eigenvalue weighted by molar-refractivity contribution is 5.92. The topological polar surface area (TPSA) is 76.7 Å². The molecule has 0 aromatic heterocycles. The number of unbranched alkanes of at least 4 members (excludes halogenated alkanes) is 1. The third-order valence-corrected chi connectivity index (χ3v) is 2.24. The molecule has 5 nitrogen and oxygen atoms in total. The van der Waals surface area contributed by atoms with E-state index in [-0.39, 0.29) is 12.6 Å². The molecule has 1 rings (SSSR count).